The average molecular weight is 367 g/mol. The molecule has 1 N–H and O–H groups in total. The number of nitrogens with one attached hydrogen (secondary N) is 1. The van der Waals surface area contributed by atoms with Crippen LogP contribution >= 0.6 is 0 Å². The Kier molecular flexibility index (Phi) is 4.92. The summed E-state index contributed by atoms with van der Waals surface area (Å²) in [4.78, 5) is 31.0. The number of pyridine rings is 1. The maximum absolute atomic E-state index is 12.7. The molecule has 1 aliphatic heterocycles. The third-order valence-corrected chi connectivity index (χ3v) is 5.53. The van der Waals surface area contributed by atoms with E-state index in [1.54, 1.807) is 18.6 Å². The van der Waals surface area contributed by atoms with Gasteiger partial charge in [-0.05, 0) is 42.5 Å². The molecule has 3 heterocycles. The summed E-state index contributed by atoms with van der Waals surface area (Å²) in [5.74, 6) is 0.858. The fourth-order valence-electron chi connectivity index (χ4n) is 3.79. The monoisotopic (exact) mass is 367 g/mol. The van der Waals surface area contributed by atoms with Gasteiger partial charge in [-0.25, -0.2) is 0 Å². The second-order valence-electron chi connectivity index (χ2n) is 7.62. The smallest absolute Gasteiger partial charge is 0.226 e. The summed E-state index contributed by atoms with van der Waals surface area (Å²) in [5, 5.41) is 7.36. The first-order valence-corrected chi connectivity index (χ1v) is 9.58. The van der Waals surface area contributed by atoms with Gasteiger partial charge in [-0.2, -0.15) is 5.10 Å². The highest BCUT2D eigenvalue weighted by Gasteiger charge is 2.43. The van der Waals surface area contributed by atoms with Crippen LogP contribution in [-0.2, 0) is 22.6 Å². The molecule has 2 aromatic heterocycles. The Labute approximate surface area is 158 Å². The third-order valence-electron chi connectivity index (χ3n) is 5.53. The lowest BCUT2D eigenvalue weighted by atomic mass is 10.1. The van der Waals surface area contributed by atoms with Crippen LogP contribution in [0.4, 0.5) is 0 Å². The van der Waals surface area contributed by atoms with Gasteiger partial charge >= 0.3 is 0 Å². The van der Waals surface area contributed by atoms with Crippen LogP contribution in [0.5, 0.6) is 0 Å². The van der Waals surface area contributed by atoms with Crippen LogP contribution in [0.1, 0.15) is 37.1 Å². The Hall–Kier alpha value is -2.70. The van der Waals surface area contributed by atoms with E-state index in [9.17, 15) is 9.59 Å². The first-order chi connectivity index (χ1) is 13.1. The summed E-state index contributed by atoms with van der Waals surface area (Å²) in [6, 6.07) is 5.73. The van der Waals surface area contributed by atoms with Crippen LogP contribution in [0.25, 0.3) is 0 Å². The van der Waals surface area contributed by atoms with Crippen molar-refractivity contribution in [2.45, 2.75) is 38.8 Å². The molecule has 0 unspecified atom stereocenters. The van der Waals surface area contributed by atoms with Gasteiger partial charge in [-0.1, -0.05) is 6.92 Å². The number of nitrogens with zero attached hydrogens (tertiary/aromatic N) is 4. The molecule has 27 heavy (non-hydrogen) atoms. The molecule has 0 spiro atoms. The summed E-state index contributed by atoms with van der Waals surface area (Å²) in [6.07, 6.45) is 7.34. The number of fused-ring (bicyclic) bond motifs is 1. The predicted molar refractivity (Wildman–Crippen MR) is 99.5 cm³/mol. The summed E-state index contributed by atoms with van der Waals surface area (Å²) in [6.45, 7) is 3.84. The van der Waals surface area contributed by atoms with Crippen LogP contribution in [0.2, 0.25) is 0 Å². The highest BCUT2D eigenvalue weighted by atomic mass is 16.2. The summed E-state index contributed by atoms with van der Waals surface area (Å²) in [5.41, 5.74) is 2.14. The molecule has 7 nitrogen and oxygen atoms in total. The number of carbonyl (C=O) groups is 2. The number of amides is 2. The fraction of sp³-hybridized carbons (Fsp3) is 0.500. The number of carbonyl (C=O) groups excluding carboxylic acids is 2. The molecule has 1 aliphatic carbocycles. The van der Waals surface area contributed by atoms with E-state index >= 15 is 0 Å². The molecular formula is C20H25N5O2. The molecule has 2 aliphatic rings. The zero-order chi connectivity index (χ0) is 18.8. The Balaban J connectivity index is 1.34. The van der Waals surface area contributed by atoms with Gasteiger partial charge in [0.05, 0.1) is 24.7 Å². The minimum atomic E-state index is -0.109. The topological polar surface area (TPSA) is 80.1 Å². The Morgan fingerprint density at radius 1 is 1.22 bits per heavy atom. The van der Waals surface area contributed by atoms with Crippen LogP contribution in [0.3, 0.4) is 0 Å². The van der Waals surface area contributed by atoms with E-state index in [1.165, 1.54) is 0 Å². The molecule has 3 atom stereocenters. The van der Waals surface area contributed by atoms with Crippen molar-refractivity contribution in [1.29, 1.82) is 0 Å². The quantitative estimate of drug-likeness (QED) is 0.840. The maximum Gasteiger partial charge on any atom is 0.226 e. The maximum atomic E-state index is 12.7. The second-order valence-corrected chi connectivity index (χ2v) is 7.62. The van der Waals surface area contributed by atoms with Gasteiger partial charge in [-0.15, -0.1) is 0 Å². The van der Waals surface area contributed by atoms with Gasteiger partial charge in [0.15, 0.2) is 0 Å². The highest BCUT2D eigenvalue weighted by Crippen LogP contribution is 2.40. The second kappa shape index (κ2) is 7.50. The number of hydrogen-bond acceptors (Lipinski definition) is 4. The van der Waals surface area contributed by atoms with E-state index in [2.05, 4.69) is 22.3 Å². The van der Waals surface area contributed by atoms with Crippen LogP contribution in [0.15, 0.2) is 36.8 Å². The standard InChI is InChI=1S/C20H25N5O2/c1-14-10-18(14)20(27)24-12-16-5-9-23-25(16)17(13-24)11-19(26)22-8-4-15-2-6-21-7-3-15/h2-3,5-7,9,14,17-18H,4,8,10-13H2,1H3,(H,22,26)/t14-,17-,18+/m1/s1. The zero-order valence-electron chi connectivity index (χ0n) is 15.5. The zero-order valence-corrected chi connectivity index (χ0v) is 15.5. The van der Waals surface area contributed by atoms with Crippen molar-refractivity contribution >= 4 is 11.8 Å². The average Bonchev–Trinajstić information content (AvgIpc) is 3.20. The predicted octanol–water partition coefficient (Wildman–Crippen LogP) is 1.57. The molecule has 1 fully saturated rings. The molecule has 0 saturated heterocycles. The number of rotatable bonds is 6. The van der Waals surface area contributed by atoms with Crippen molar-refractivity contribution in [3.05, 3.63) is 48.0 Å². The first kappa shape index (κ1) is 17.7. The van der Waals surface area contributed by atoms with E-state index in [-0.39, 0.29) is 23.8 Å². The van der Waals surface area contributed by atoms with Crippen molar-refractivity contribution in [2.24, 2.45) is 11.8 Å². The van der Waals surface area contributed by atoms with Crippen molar-refractivity contribution in [3.8, 4) is 0 Å². The lowest BCUT2D eigenvalue weighted by Crippen LogP contribution is -2.43. The molecule has 1 saturated carbocycles. The Bertz CT molecular complexity index is 819. The molecule has 2 aromatic rings. The van der Waals surface area contributed by atoms with Gasteiger partial charge < -0.3 is 10.2 Å². The van der Waals surface area contributed by atoms with Crippen molar-refractivity contribution in [3.63, 3.8) is 0 Å². The molecule has 142 valence electrons. The van der Waals surface area contributed by atoms with Gasteiger partial charge in [-0.3, -0.25) is 19.3 Å². The van der Waals surface area contributed by atoms with E-state index in [4.69, 9.17) is 0 Å². The molecule has 7 heteroatoms. The fourth-order valence-corrected chi connectivity index (χ4v) is 3.79. The van der Waals surface area contributed by atoms with Gasteiger partial charge in [0.2, 0.25) is 11.8 Å². The van der Waals surface area contributed by atoms with E-state index < -0.39 is 0 Å². The summed E-state index contributed by atoms with van der Waals surface area (Å²) in [7, 11) is 0. The first-order valence-electron chi connectivity index (χ1n) is 9.58. The van der Waals surface area contributed by atoms with E-state index in [0.717, 1.165) is 24.1 Å². The minimum absolute atomic E-state index is 0.00963. The Morgan fingerprint density at radius 2 is 2.00 bits per heavy atom. The van der Waals surface area contributed by atoms with Crippen molar-refractivity contribution < 1.29 is 9.59 Å². The molecule has 0 aromatic carbocycles. The lowest BCUT2D eigenvalue weighted by molar-refractivity contribution is -0.136. The van der Waals surface area contributed by atoms with Gasteiger partial charge in [0, 0.05) is 37.6 Å². The summed E-state index contributed by atoms with van der Waals surface area (Å²) >= 11 is 0. The van der Waals surface area contributed by atoms with E-state index in [0.29, 0.717) is 32.0 Å². The van der Waals surface area contributed by atoms with Crippen LogP contribution < -0.4 is 5.32 Å². The molecule has 0 radical (unpaired) electrons. The highest BCUT2D eigenvalue weighted by molar-refractivity contribution is 5.82. The van der Waals surface area contributed by atoms with Gasteiger partial charge in [0.1, 0.15) is 0 Å². The van der Waals surface area contributed by atoms with Crippen molar-refractivity contribution in [2.75, 3.05) is 13.1 Å². The third kappa shape index (κ3) is 4.02. The van der Waals surface area contributed by atoms with E-state index in [1.807, 2.05) is 27.8 Å². The normalized spacial score (nSPS) is 23.6. The van der Waals surface area contributed by atoms with Crippen LogP contribution in [0, 0.1) is 11.8 Å². The lowest BCUT2D eigenvalue weighted by Gasteiger charge is -2.34. The molecule has 2 amide bonds. The Morgan fingerprint density at radius 3 is 2.74 bits per heavy atom. The molecule has 0 bridgehead atoms. The number of aromatic nitrogens is 3. The van der Waals surface area contributed by atoms with Gasteiger partial charge in [0.25, 0.3) is 0 Å². The van der Waals surface area contributed by atoms with Crippen molar-refractivity contribution in [1.82, 2.24) is 25.0 Å². The largest absolute Gasteiger partial charge is 0.356 e. The SMILES string of the molecule is C[C@@H]1C[C@@H]1C(=O)N1Cc2ccnn2[C@H](CC(=O)NCCc2ccncc2)C1. The number of hydrogen-bond donors (Lipinski definition) is 1. The minimum Gasteiger partial charge on any atom is -0.356 e. The molecular weight excluding hydrogens is 342 g/mol. The van der Waals surface area contributed by atoms with Crippen LogP contribution in [-0.4, -0.2) is 44.6 Å². The summed E-state index contributed by atoms with van der Waals surface area (Å²) < 4.78 is 1.91. The molecule has 4 rings (SSSR count).